The number of unbranched alkanes of at least 4 members (excludes halogenated alkanes) is 9. The van der Waals surface area contributed by atoms with Gasteiger partial charge in [0, 0.05) is 75.8 Å². The van der Waals surface area contributed by atoms with Crippen LogP contribution >= 0.6 is 0 Å². The van der Waals surface area contributed by atoms with Crippen LogP contribution in [0.2, 0.25) is 0 Å². The summed E-state index contributed by atoms with van der Waals surface area (Å²) in [6.45, 7) is 12.0. The second kappa shape index (κ2) is 17.5. The van der Waals surface area contributed by atoms with Gasteiger partial charge in [-0.2, -0.15) is 13.2 Å². The van der Waals surface area contributed by atoms with Crippen LogP contribution in [0.1, 0.15) is 195 Å². The molecule has 3 aliphatic rings. The summed E-state index contributed by atoms with van der Waals surface area (Å²) in [5, 5.41) is 0. The molecule has 2 aliphatic heterocycles. The summed E-state index contributed by atoms with van der Waals surface area (Å²) < 4.78 is 47.8. The lowest BCUT2D eigenvalue weighted by atomic mass is 9.85. The molecule has 8 nitrogen and oxygen atoms in total. The molecule has 0 amide bonds. The molecule has 5 heterocycles. The quantitative estimate of drug-likeness (QED) is 0.0850. The van der Waals surface area contributed by atoms with E-state index in [-0.39, 0.29) is 59.3 Å². The third-order valence-electron chi connectivity index (χ3n) is 12.4. The van der Waals surface area contributed by atoms with Crippen molar-refractivity contribution in [1.82, 2.24) is 19.9 Å². The number of esters is 1. The van der Waals surface area contributed by atoms with Crippen molar-refractivity contribution >= 4 is 39.6 Å². The molecule has 0 saturated heterocycles. The highest BCUT2D eigenvalue weighted by Crippen LogP contribution is 2.45. The van der Waals surface area contributed by atoms with Crippen molar-refractivity contribution in [1.29, 1.82) is 0 Å². The van der Waals surface area contributed by atoms with Gasteiger partial charge in [-0.25, -0.2) is 0 Å². The average molecular weight is 775 g/mol. The zero-order valence-electron chi connectivity index (χ0n) is 33.8. The molecule has 6 rings (SSSR count). The summed E-state index contributed by atoms with van der Waals surface area (Å²) in [7, 11) is 0. The van der Waals surface area contributed by atoms with Crippen molar-refractivity contribution < 1.29 is 32.3 Å². The van der Waals surface area contributed by atoms with Crippen LogP contribution < -0.4 is 0 Å². The summed E-state index contributed by atoms with van der Waals surface area (Å²) in [6.07, 6.45) is 8.29. The first-order valence-electron chi connectivity index (χ1n) is 20.8. The third-order valence-corrected chi connectivity index (χ3v) is 12.4. The van der Waals surface area contributed by atoms with Gasteiger partial charge in [-0.3, -0.25) is 24.4 Å². The number of Topliss-reactive ketones (excluding diaryl/α,β-unsaturated/α-hetero) is 2. The number of aromatic nitrogens is 4. The molecule has 0 saturated carbocycles. The largest absolute Gasteiger partial charge is 0.466 e. The van der Waals surface area contributed by atoms with Crippen molar-refractivity contribution in [3.63, 3.8) is 0 Å². The van der Waals surface area contributed by atoms with Crippen LogP contribution in [0.15, 0.2) is 18.2 Å². The number of rotatable bonds is 16. The van der Waals surface area contributed by atoms with Crippen molar-refractivity contribution in [3.8, 4) is 0 Å². The van der Waals surface area contributed by atoms with E-state index in [1.54, 1.807) is 12.1 Å². The molecular formula is C45H57F3N4O4. The SMILES string of the molecule is CCCCCCCCCCCCOC(=O)CC[C@@H]1c2nc(cc3[nH]c(cc4nc(cc5[nH]c6c2CC(=O)c6c5C)[C@H](CC)[C@H]4C)c(C(=O)C(F)(F)F)c3C)[C@H]1C. The molecule has 3 aromatic rings. The van der Waals surface area contributed by atoms with Crippen LogP contribution in [-0.2, 0) is 16.0 Å². The average Bonchev–Trinajstić information content (AvgIpc) is 3.91. The van der Waals surface area contributed by atoms with Crippen molar-refractivity contribution in [2.45, 2.75) is 161 Å². The standard InChI is InChI=1S/C45H57F3N4O4/c1-7-9-10-11-12-13-14-15-16-17-20-56-39(54)19-18-30-26(4)33-22-34-27(5)40(44(55)45(46,47)48)37(50-34)24-32-25(3)29(8-2)36(49-32)23-35-28(6)41-38(53)21-31(42(30)51-33)43(41)52-35/h22-26,29-30,50,52H,7-21H2,1-6H3/t25-,26+,29-,30+/m1/s1. The number of ketones is 2. The molecular weight excluding hydrogens is 718 g/mol. The van der Waals surface area contributed by atoms with E-state index in [1.807, 2.05) is 33.8 Å². The van der Waals surface area contributed by atoms with Crippen LogP contribution in [0.4, 0.5) is 13.2 Å². The van der Waals surface area contributed by atoms with Crippen molar-refractivity contribution in [3.05, 3.63) is 68.8 Å². The lowest BCUT2D eigenvalue weighted by Gasteiger charge is -2.17. The number of nitrogens with zero attached hydrogens (tertiary/aromatic N) is 2. The zero-order valence-corrected chi connectivity index (χ0v) is 33.8. The highest BCUT2D eigenvalue weighted by Gasteiger charge is 2.42. The number of hydrogen-bond acceptors (Lipinski definition) is 6. The van der Waals surface area contributed by atoms with Gasteiger partial charge in [-0.1, -0.05) is 85.5 Å². The molecule has 56 heavy (non-hydrogen) atoms. The highest BCUT2D eigenvalue weighted by molar-refractivity contribution is 6.13. The van der Waals surface area contributed by atoms with Crippen LogP contribution in [0.5, 0.6) is 0 Å². The van der Waals surface area contributed by atoms with Crippen LogP contribution in [0, 0.1) is 13.8 Å². The molecule has 302 valence electrons. The summed E-state index contributed by atoms with van der Waals surface area (Å²) in [4.78, 5) is 56.3. The van der Waals surface area contributed by atoms with Gasteiger partial charge in [-0.15, -0.1) is 0 Å². The maximum atomic E-state index is 14.1. The number of carbonyl (C=O) groups excluding carboxylic acids is 3. The summed E-state index contributed by atoms with van der Waals surface area (Å²) in [5.41, 5.74) is 6.42. The Morgan fingerprint density at radius 3 is 2.04 bits per heavy atom. The topological polar surface area (TPSA) is 118 Å². The second-order valence-corrected chi connectivity index (χ2v) is 16.2. The summed E-state index contributed by atoms with van der Waals surface area (Å²) in [5.74, 6) is -2.88. The minimum absolute atomic E-state index is 0.0125. The number of carbonyl (C=O) groups is 3. The van der Waals surface area contributed by atoms with Gasteiger partial charge in [-0.05, 0) is 62.4 Å². The Morgan fingerprint density at radius 2 is 1.38 bits per heavy atom. The predicted molar refractivity (Wildman–Crippen MR) is 214 cm³/mol. The minimum Gasteiger partial charge on any atom is -0.466 e. The zero-order chi connectivity index (χ0) is 40.3. The first-order valence-corrected chi connectivity index (χ1v) is 20.8. The maximum absolute atomic E-state index is 14.1. The van der Waals surface area contributed by atoms with Gasteiger partial charge in [0.2, 0.25) is 0 Å². The minimum atomic E-state index is -5.08. The lowest BCUT2D eigenvalue weighted by Crippen LogP contribution is -2.23. The number of alkyl halides is 3. The van der Waals surface area contributed by atoms with E-state index in [0.717, 1.165) is 53.5 Å². The fourth-order valence-electron chi connectivity index (χ4n) is 9.05. The molecule has 0 spiro atoms. The van der Waals surface area contributed by atoms with E-state index >= 15 is 0 Å². The molecule has 0 radical (unpaired) electrons. The van der Waals surface area contributed by atoms with E-state index in [0.29, 0.717) is 41.2 Å². The number of ether oxygens (including phenoxy) is 1. The number of aromatic amines is 2. The van der Waals surface area contributed by atoms with Crippen LogP contribution in [0.25, 0.3) is 22.1 Å². The first-order chi connectivity index (χ1) is 26.7. The number of halogens is 3. The third kappa shape index (κ3) is 8.52. The Morgan fingerprint density at radius 1 is 0.786 bits per heavy atom. The van der Waals surface area contributed by atoms with Gasteiger partial charge >= 0.3 is 12.1 Å². The number of hydrogen-bond donors (Lipinski definition) is 2. The first kappa shape index (κ1) is 41.4. The highest BCUT2D eigenvalue weighted by atomic mass is 19.4. The van der Waals surface area contributed by atoms with E-state index < -0.39 is 17.5 Å². The van der Waals surface area contributed by atoms with Gasteiger partial charge in [0.05, 0.1) is 28.9 Å². The Kier molecular flexibility index (Phi) is 12.9. The summed E-state index contributed by atoms with van der Waals surface area (Å²) >= 11 is 0. The number of fused-ring (bicyclic) bond motifs is 8. The molecule has 0 fully saturated rings. The molecule has 11 heteroatoms. The molecule has 3 aromatic heterocycles. The van der Waals surface area contributed by atoms with Crippen molar-refractivity contribution in [2.24, 2.45) is 0 Å². The normalized spacial score (nSPS) is 19.2. The van der Waals surface area contributed by atoms with Gasteiger partial charge in [0.25, 0.3) is 5.78 Å². The molecule has 0 aromatic carbocycles. The lowest BCUT2D eigenvalue weighted by molar-refractivity contribution is -0.144. The Labute approximate surface area is 327 Å². The van der Waals surface area contributed by atoms with Crippen LogP contribution in [0.3, 0.4) is 0 Å². The van der Waals surface area contributed by atoms with Crippen LogP contribution in [-0.4, -0.2) is 50.3 Å². The van der Waals surface area contributed by atoms with E-state index in [4.69, 9.17) is 14.7 Å². The fourth-order valence-corrected chi connectivity index (χ4v) is 9.05. The smallest absolute Gasteiger partial charge is 0.454 e. The monoisotopic (exact) mass is 774 g/mol. The Hall–Kier alpha value is -4.28. The number of aryl methyl sites for hydroxylation is 2. The summed E-state index contributed by atoms with van der Waals surface area (Å²) in [6, 6.07) is 5.22. The van der Waals surface area contributed by atoms with Gasteiger partial charge in [0.1, 0.15) is 0 Å². The van der Waals surface area contributed by atoms with E-state index in [9.17, 15) is 27.6 Å². The molecule has 8 bridgehead atoms. The predicted octanol–water partition coefficient (Wildman–Crippen LogP) is 11.8. The fraction of sp³-hybridized carbons (Fsp3) is 0.578. The van der Waals surface area contributed by atoms with Gasteiger partial charge < -0.3 is 14.7 Å². The van der Waals surface area contributed by atoms with E-state index in [1.165, 1.54) is 51.9 Å². The van der Waals surface area contributed by atoms with Crippen molar-refractivity contribution in [2.75, 3.05) is 6.61 Å². The molecule has 4 atom stereocenters. The maximum Gasteiger partial charge on any atom is 0.454 e. The van der Waals surface area contributed by atoms with E-state index in [2.05, 4.69) is 16.9 Å². The molecule has 1 aliphatic carbocycles. The second-order valence-electron chi connectivity index (χ2n) is 16.2. The number of nitrogens with one attached hydrogen (secondary N) is 2. The Balaban J connectivity index is 1.35. The Bertz CT molecular complexity index is 2130. The number of H-pyrrole nitrogens is 2. The molecule has 0 unspecified atom stereocenters. The molecule has 2 N–H and O–H groups in total. The van der Waals surface area contributed by atoms with Gasteiger partial charge in [0.15, 0.2) is 5.78 Å².